The first-order chi connectivity index (χ1) is 16.1. The molecule has 0 aliphatic heterocycles. The van der Waals surface area contributed by atoms with Crippen molar-refractivity contribution in [2.75, 3.05) is 5.32 Å². The third kappa shape index (κ3) is 7.07. The average Bonchev–Trinajstić information content (AvgIpc) is 3.05. The number of Topliss-reactive ketones (excluding diaryl/α,β-unsaturated/α-hetero) is 1. The summed E-state index contributed by atoms with van der Waals surface area (Å²) >= 11 is 0. The lowest BCUT2D eigenvalue weighted by Gasteiger charge is -2.17. The first-order valence-electron chi connectivity index (χ1n) is 9.92. The minimum absolute atomic E-state index is 0.133. The zero-order valence-corrected chi connectivity index (χ0v) is 18.0. The van der Waals surface area contributed by atoms with E-state index in [1.165, 1.54) is 12.1 Å². The highest BCUT2D eigenvalue weighted by molar-refractivity contribution is 6.02. The number of hydrogen-bond acceptors (Lipinski definition) is 5. The van der Waals surface area contributed by atoms with Gasteiger partial charge < -0.3 is 16.2 Å². The van der Waals surface area contributed by atoms with E-state index in [9.17, 15) is 31.1 Å². The van der Waals surface area contributed by atoms with Gasteiger partial charge in [0, 0.05) is 22.9 Å². The van der Waals surface area contributed by atoms with Crippen molar-refractivity contribution in [3.8, 4) is 6.07 Å². The van der Waals surface area contributed by atoms with Crippen LogP contribution in [0.1, 0.15) is 36.1 Å². The van der Waals surface area contributed by atoms with Crippen LogP contribution in [-0.4, -0.2) is 23.0 Å². The fourth-order valence-corrected chi connectivity index (χ4v) is 3.26. The standard InChI is InChI=1S/C21H18F3N3O.C2HF3O2/c1-12-9-17(27-16-4-2-3-15(10-16)21(22,23)24)18(20(12)28)19(26)14-7-5-13(11-25)6-8-14;3-2(4,5)1(6)7/h2-8,10,12,19,27H,9,26H2,1H3;(H,6,7). The third-order valence-electron chi connectivity index (χ3n) is 4.99. The number of nitriles is 1. The number of carbonyl (C=O) groups excluding carboxylic acids is 1. The maximum Gasteiger partial charge on any atom is 0.490 e. The molecule has 2 aromatic rings. The number of halogens is 6. The van der Waals surface area contributed by atoms with Crippen LogP contribution in [0.25, 0.3) is 0 Å². The largest absolute Gasteiger partial charge is 0.490 e. The van der Waals surface area contributed by atoms with Gasteiger partial charge >= 0.3 is 18.3 Å². The van der Waals surface area contributed by atoms with Crippen LogP contribution < -0.4 is 11.1 Å². The SMILES string of the molecule is CC1CC(Nc2cccc(C(F)(F)F)c2)=C(C(N)c2ccc(C#N)cc2)C1=O.O=C(O)C(F)(F)F. The van der Waals surface area contributed by atoms with Gasteiger partial charge in [-0.05, 0) is 42.3 Å². The quantitative estimate of drug-likeness (QED) is 0.499. The maximum atomic E-state index is 13.0. The Morgan fingerprint density at radius 2 is 1.71 bits per heavy atom. The zero-order valence-electron chi connectivity index (χ0n) is 18.0. The number of allylic oxidation sites excluding steroid dienone is 1. The number of nitrogens with zero attached hydrogens (tertiary/aromatic N) is 1. The monoisotopic (exact) mass is 499 g/mol. The van der Waals surface area contributed by atoms with Crippen molar-refractivity contribution in [3.05, 3.63) is 76.5 Å². The predicted octanol–water partition coefficient (Wildman–Crippen LogP) is 5.19. The first kappa shape index (κ1) is 27.4. The summed E-state index contributed by atoms with van der Waals surface area (Å²) in [6.07, 6.45) is -9.17. The Labute approximate surface area is 195 Å². The number of hydrogen-bond donors (Lipinski definition) is 3. The molecule has 2 atom stereocenters. The van der Waals surface area contributed by atoms with Gasteiger partial charge in [-0.15, -0.1) is 0 Å². The number of nitrogens with one attached hydrogen (secondary N) is 1. The van der Waals surface area contributed by atoms with Gasteiger partial charge in [0.15, 0.2) is 5.78 Å². The fraction of sp³-hybridized carbons (Fsp3) is 0.261. The molecular weight excluding hydrogens is 480 g/mol. The summed E-state index contributed by atoms with van der Waals surface area (Å²) in [5, 5.41) is 19.0. The van der Waals surface area contributed by atoms with Crippen LogP contribution in [0.15, 0.2) is 59.8 Å². The van der Waals surface area contributed by atoms with Crippen molar-refractivity contribution in [2.24, 2.45) is 11.7 Å². The van der Waals surface area contributed by atoms with Gasteiger partial charge in [-0.2, -0.15) is 31.6 Å². The number of nitrogens with two attached hydrogens (primary N) is 1. The Morgan fingerprint density at radius 3 is 2.20 bits per heavy atom. The highest BCUT2D eigenvalue weighted by Crippen LogP contribution is 2.37. The molecule has 2 aromatic carbocycles. The highest BCUT2D eigenvalue weighted by Gasteiger charge is 2.38. The topological polar surface area (TPSA) is 116 Å². The normalized spacial score (nSPS) is 16.8. The van der Waals surface area contributed by atoms with E-state index >= 15 is 0 Å². The van der Waals surface area contributed by atoms with Crippen LogP contribution >= 0.6 is 0 Å². The lowest BCUT2D eigenvalue weighted by Crippen LogP contribution is -2.21. The fourth-order valence-electron chi connectivity index (χ4n) is 3.26. The molecule has 4 N–H and O–H groups in total. The average molecular weight is 499 g/mol. The lowest BCUT2D eigenvalue weighted by atomic mass is 9.95. The molecule has 0 heterocycles. The Hall–Kier alpha value is -3.85. The van der Waals surface area contributed by atoms with Crippen molar-refractivity contribution < 1.29 is 41.0 Å². The summed E-state index contributed by atoms with van der Waals surface area (Å²) in [6, 6.07) is 12.7. The number of rotatable bonds is 4. The molecule has 1 aliphatic carbocycles. The number of benzene rings is 2. The first-order valence-corrected chi connectivity index (χ1v) is 9.92. The molecule has 0 bridgehead atoms. The van der Waals surface area contributed by atoms with Crippen LogP contribution in [0.4, 0.5) is 32.0 Å². The summed E-state index contributed by atoms with van der Waals surface area (Å²) in [5.74, 6) is -3.20. The molecule has 2 unspecified atom stereocenters. The van der Waals surface area contributed by atoms with Gasteiger partial charge in [-0.25, -0.2) is 4.79 Å². The molecule has 0 fully saturated rings. The minimum Gasteiger partial charge on any atom is -0.475 e. The van der Waals surface area contributed by atoms with E-state index in [-0.39, 0.29) is 17.4 Å². The summed E-state index contributed by atoms with van der Waals surface area (Å²) in [6.45, 7) is 1.76. The molecule has 6 nitrogen and oxygen atoms in total. The van der Waals surface area contributed by atoms with Crippen LogP contribution in [0.2, 0.25) is 0 Å². The van der Waals surface area contributed by atoms with Crippen LogP contribution in [-0.2, 0) is 15.8 Å². The highest BCUT2D eigenvalue weighted by atomic mass is 19.4. The number of anilines is 1. The smallest absolute Gasteiger partial charge is 0.475 e. The number of ketones is 1. The van der Waals surface area contributed by atoms with Crippen LogP contribution in [0.5, 0.6) is 0 Å². The van der Waals surface area contributed by atoms with Gasteiger partial charge in [-0.3, -0.25) is 4.79 Å². The Bertz CT molecular complexity index is 1160. The number of carbonyl (C=O) groups is 2. The molecule has 35 heavy (non-hydrogen) atoms. The molecule has 12 heteroatoms. The van der Waals surface area contributed by atoms with Gasteiger partial charge in [0.05, 0.1) is 23.2 Å². The molecule has 0 aromatic heterocycles. The summed E-state index contributed by atoms with van der Waals surface area (Å²) in [4.78, 5) is 21.6. The number of alkyl halides is 6. The zero-order chi connectivity index (χ0) is 26.6. The maximum absolute atomic E-state index is 13.0. The number of aliphatic carboxylic acids is 1. The van der Waals surface area contributed by atoms with Gasteiger partial charge in [0.2, 0.25) is 0 Å². The van der Waals surface area contributed by atoms with E-state index in [4.69, 9.17) is 20.9 Å². The summed E-state index contributed by atoms with van der Waals surface area (Å²) in [5.41, 5.74) is 7.78. The lowest BCUT2D eigenvalue weighted by molar-refractivity contribution is -0.192. The van der Waals surface area contributed by atoms with Gasteiger partial charge in [0.25, 0.3) is 0 Å². The molecule has 0 amide bonds. The molecular formula is C23H19F6N3O3. The molecule has 0 radical (unpaired) electrons. The Morgan fingerprint density at radius 1 is 1.14 bits per heavy atom. The predicted molar refractivity (Wildman–Crippen MR) is 113 cm³/mol. The van der Waals surface area contributed by atoms with E-state index in [0.29, 0.717) is 28.8 Å². The molecule has 186 valence electrons. The van der Waals surface area contributed by atoms with E-state index in [0.717, 1.165) is 12.1 Å². The molecule has 0 spiro atoms. The van der Waals surface area contributed by atoms with Gasteiger partial charge in [0.1, 0.15) is 0 Å². The number of carboxylic acid groups (broad SMARTS) is 1. The van der Waals surface area contributed by atoms with E-state index in [1.807, 2.05) is 6.07 Å². The van der Waals surface area contributed by atoms with Crippen LogP contribution in [0.3, 0.4) is 0 Å². The van der Waals surface area contributed by atoms with Crippen molar-refractivity contribution in [1.29, 1.82) is 5.26 Å². The molecule has 0 saturated carbocycles. The Kier molecular flexibility index (Phi) is 8.30. The van der Waals surface area contributed by atoms with E-state index < -0.39 is 29.9 Å². The second-order valence-electron chi connectivity index (χ2n) is 7.58. The summed E-state index contributed by atoms with van der Waals surface area (Å²) < 4.78 is 70.6. The second kappa shape index (κ2) is 10.6. The molecule has 1 aliphatic rings. The van der Waals surface area contributed by atoms with Gasteiger partial charge in [-0.1, -0.05) is 25.1 Å². The molecule has 0 saturated heterocycles. The van der Waals surface area contributed by atoms with E-state index in [1.54, 1.807) is 31.2 Å². The van der Waals surface area contributed by atoms with Crippen LogP contribution in [0, 0.1) is 17.2 Å². The van der Waals surface area contributed by atoms with Crippen molar-refractivity contribution in [1.82, 2.24) is 0 Å². The summed E-state index contributed by atoms with van der Waals surface area (Å²) in [7, 11) is 0. The molecule has 3 rings (SSSR count). The second-order valence-corrected chi connectivity index (χ2v) is 7.58. The van der Waals surface area contributed by atoms with Crippen molar-refractivity contribution in [3.63, 3.8) is 0 Å². The minimum atomic E-state index is -5.08. The van der Waals surface area contributed by atoms with E-state index in [2.05, 4.69) is 5.32 Å². The third-order valence-corrected chi connectivity index (χ3v) is 4.99. The number of carboxylic acids is 1. The van der Waals surface area contributed by atoms with Crippen molar-refractivity contribution >= 4 is 17.4 Å². The van der Waals surface area contributed by atoms with Crippen molar-refractivity contribution in [2.45, 2.75) is 31.7 Å². The Balaban J connectivity index is 0.000000540.